The Labute approximate surface area is 67.7 Å². The minimum Gasteiger partial charge on any atom is -0.304 e. The quantitative estimate of drug-likeness (QED) is 0.433. The number of aromatic nitrogens is 1. The van der Waals surface area contributed by atoms with Crippen LogP contribution in [-0.2, 0) is 19.5 Å². The van der Waals surface area contributed by atoms with Crippen molar-refractivity contribution in [2.75, 3.05) is 0 Å². The molecule has 0 aromatic carbocycles. The predicted octanol–water partition coefficient (Wildman–Crippen LogP) is 1.30. The van der Waals surface area contributed by atoms with Gasteiger partial charge in [-0.15, -0.1) is 12.4 Å². The van der Waals surface area contributed by atoms with Crippen LogP contribution in [0.2, 0.25) is 0 Å². The average Bonchev–Trinajstić information content (AvgIpc) is 1.72. The van der Waals surface area contributed by atoms with Crippen molar-refractivity contribution in [2.24, 2.45) is 0 Å². The summed E-state index contributed by atoms with van der Waals surface area (Å²) in [6, 6.07) is 6.43. The fourth-order valence-electron chi connectivity index (χ4n) is 0.277. The maximum absolute atomic E-state index is 3.73. The Balaban J connectivity index is 0. The Bertz CT molecular complexity index is 84.4. The van der Waals surface area contributed by atoms with E-state index in [2.05, 4.69) is 11.1 Å². The summed E-state index contributed by atoms with van der Waals surface area (Å²) in [7, 11) is 0. The molecule has 1 nitrogen and oxygen atoms in total. The van der Waals surface area contributed by atoms with E-state index in [0.717, 1.165) is 0 Å². The topological polar surface area (TPSA) is 12.9 Å². The number of rotatable bonds is 0. The zero-order valence-corrected chi connectivity index (χ0v) is 8.16. The molecule has 0 N–H and O–H groups in total. The van der Waals surface area contributed by atoms with E-state index >= 15 is 0 Å². The van der Waals surface area contributed by atoms with Gasteiger partial charge in [-0.3, -0.25) is 0 Å². The molecule has 1 rings (SSSR count). The van der Waals surface area contributed by atoms with Crippen LogP contribution in [0, 0.1) is 6.07 Å². The van der Waals surface area contributed by atoms with Crippen LogP contribution in [0.15, 0.2) is 24.5 Å². The van der Waals surface area contributed by atoms with Crippen molar-refractivity contribution in [3.05, 3.63) is 30.6 Å². The van der Waals surface area contributed by atoms with Crippen LogP contribution < -0.4 is 0 Å². The fourth-order valence-corrected chi connectivity index (χ4v) is 0.277. The second-order valence-electron chi connectivity index (χ2n) is 0.953. The van der Waals surface area contributed by atoms with Crippen LogP contribution in [-0.4, -0.2) is 4.98 Å². The van der Waals surface area contributed by atoms with Gasteiger partial charge in [-0.2, -0.15) is 6.07 Å². The second kappa shape index (κ2) is 7.06. The monoisotopic (exact) mass is 178 g/mol. The summed E-state index contributed by atoms with van der Waals surface area (Å²) in [5.74, 6) is 0. The SMILES string of the molecule is Cl.[Zn].[c-]1cccnc1. The molecule has 1 heterocycles. The maximum Gasteiger partial charge on any atom is 0 e. The van der Waals surface area contributed by atoms with Crippen LogP contribution in [0.4, 0.5) is 0 Å². The van der Waals surface area contributed by atoms with Crippen LogP contribution in [0.1, 0.15) is 0 Å². The molecule has 0 aliphatic carbocycles. The van der Waals surface area contributed by atoms with Crippen molar-refractivity contribution in [3.63, 3.8) is 0 Å². The molecule has 0 saturated carbocycles. The van der Waals surface area contributed by atoms with E-state index in [-0.39, 0.29) is 31.9 Å². The summed E-state index contributed by atoms with van der Waals surface area (Å²) in [5, 5.41) is 0. The van der Waals surface area contributed by atoms with Crippen molar-refractivity contribution >= 4 is 12.4 Å². The van der Waals surface area contributed by atoms with Crippen LogP contribution >= 0.6 is 12.4 Å². The molecular formula is C5H5ClNZn-. The summed E-state index contributed by atoms with van der Waals surface area (Å²) in [5.41, 5.74) is 0. The molecule has 40 valence electrons. The molecule has 0 bridgehead atoms. The van der Waals surface area contributed by atoms with Gasteiger partial charge in [-0.05, 0) is 0 Å². The molecule has 0 aliphatic heterocycles. The Hall–Kier alpha value is 0.0634. The maximum atomic E-state index is 3.73. The Kier molecular flexibility index (Phi) is 9.66. The first kappa shape index (κ1) is 10.9. The summed E-state index contributed by atoms with van der Waals surface area (Å²) >= 11 is 0. The first-order chi connectivity index (χ1) is 3.00. The van der Waals surface area contributed by atoms with Crippen molar-refractivity contribution in [3.8, 4) is 0 Å². The molecule has 0 aliphatic rings. The molecular weight excluding hydrogens is 175 g/mol. The first-order valence-corrected chi connectivity index (χ1v) is 1.76. The van der Waals surface area contributed by atoms with Gasteiger partial charge in [0.05, 0.1) is 0 Å². The van der Waals surface area contributed by atoms with E-state index in [1.165, 1.54) is 0 Å². The second-order valence-corrected chi connectivity index (χ2v) is 0.953. The zero-order chi connectivity index (χ0) is 4.24. The minimum absolute atomic E-state index is 0. The van der Waals surface area contributed by atoms with Gasteiger partial charge in [-0.25, -0.2) is 12.1 Å². The molecule has 0 spiro atoms. The van der Waals surface area contributed by atoms with Gasteiger partial charge in [-0.1, -0.05) is 12.4 Å². The van der Waals surface area contributed by atoms with E-state index in [1.807, 2.05) is 12.1 Å². The van der Waals surface area contributed by atoms with Gasteiger partial charge < -0.3 is 4.98 Å². The summed E-state index contributed by atoms with van der Waals surface area (Å²) in [6.45, 7) is 0. The third-order valence-electron chi connectivity index (χ3n) is 0.514. The first-order valence-electron chi connectivity index (χ1n) is 1.76. The number of nitrogens with zero attached hydrogens (tertiary/aromatic N) is 1. The van der Waals surface area contributed by atoms with E-state index in [1.54, 1.807) is 12.4 Å². The fraction of sp³-hybridized carbons (Fsp3) is 0. The molecule has 1 aromatic rings. The smallest absolute Gasteiger partial charge is 0 e. The van der Waals surface area contributed by atoms with Crippen LogP contribution in [0.3, 0.4) is 0 Å². The molecule has 0 atom stereocenters. The van der Waals surface area contributed by atoms with E-state index in [4.69, 9.17) is 0 Å². The average molecular weight is 180 g/mol. The van der Waals surface area contributed by atoms with E-state index in [9.17, 15) is 0 Å². The van der Waals surface area contributed by atoms with Crippen molar-refractivity contribution < 1.29 is 19.5 Å². The predicted molar refractivity (Wildman–Crippen MR) is 30.3 cm³/mol. The molecule has 0 fully saturated rings. The summed E-state index contributed by atoms with van der Waals surface area (Å²) in [4.78, 5) is 3.73. The number of pyridine rings is 1. The van der Waals surface area contributed by atoms with Gasteiger partial charge in [0.1, 0.15) is 0 Å². The molecule has 0 unspecified atom stereocenters. The third-order valence-corrected chi connectivity index (χ3v) is 0.514. The van der Waals surface area contributed by atoms with Gasteiger partial charge >= 0.3 is 0 Å². The molecule has 8 heavy (non-hydrogen) atoms. The molecule has 1 aromatic heterocycles. The van der Waals surface area contributed by atoms with Crippen LogP contribution in [0.25, 0.3) is 0 Å². The zero-order valence-electron chi connectivity index (χ0n) is 4.37. The standard InChI is InChI=1S/C5H4N.ClH.Zn/c1-2-4-6-5-3-1;;/h1-2,4-5H;1H;/q-1;;. The van der Waals surface area contributed by atoms with Gasteiger partial charge in [0.25, 0.3) is 0 Å². The summed E-state index contributed by atoms with van der Waals surface area (Å²) in [6.07, 6.45) is 3.34. The van der Waals surface area contributed by atoms with Gasteiger partial charge in [0, 0.05) is 19.5 Å². The van der Waals surface area contributed by atoms with E-state index in [0.29, 0.717) is 0 Å². The van der Waals surface area contributed by atoms with Gasteiger partial charge in [0.2, 0.25) is 0 Å². The summed E-state index contributed by atoms with van der Waals surface area (Å²) < 4.78 is 0. The molecule has 0 saturated heterocycles. The van der Waals surface area contributed by atoms with Gasteiger partial charge in [0.15, 0.2) is 0 Å². The van der Waals surface area contributed by atoms with Crippen LogP contribution in [0.5, 0.6) is 0 Å². The Morgan fingerprint density at radius 1 is 1.38 bits per heavy atom. The normalized spacial score (nSPS) is 6.00. The largest absolute Gasteiger partial charge is 0.304 e. The molecule has 3 heteroatoms. The number of halogens is 1. The van der Waals surface area contributed by atoms with Crippen molar-refractivity contribution in [1.29, 1.82) is 0 Å². The van der Waals surface area contributed by atoms with Crippen molar-refractivity contribution in [1.82, 2.24) is 4.98 Å². The van der Waals surface area contributed by atoms with Crippen molar-refractivity contribution in [2.45, 2.75) is 0 Å². The molecule has 0 amide bonds. The van der Waals surface area contributed by atoms with E-state index < -0.39 is 0 Å². The third kappa shape index (κ3) is 4.23. The number of hydrogen-bond donors (Lipinski definition) is 0. The minimum atomic E-state index is 0. The Morgan fingerprint density at radius 2 is 2.12 bits per heavy atom. The molecule has 0 radical (unpaired) electrons. The Morgan fingerprint density at radius 3 is 2.25 bits per heavy atom. The number of hydrogen-bond acceptors (Lipinski definition) is 1.